The van der Waals surface area contributed by atoms with Crippen molar-refractivity contribution >= 4 is 29.7 Å². The number of allylic oxidation sites excluding steroid dienone is 5. The molecule has 2 aliphatic rings. The number of benzene rings is 2. The van der Waals surface area contributed by atoms with E-state index in [1.165, 1.54) is 13.2 Å². The van der Waals surface area contributed by atoms with Gasteiger partial charge in [0.25, 0.3) is 0 Å². The molecule has 1 aliphatic carbocycles. The third kappa shape index (κ3) is 6.38. The summed E-state index contributed by atoms with van der Waals surface area (Å²) in [6, 6.07) is 8.58. The fraction of sp³-hybridized carbons (Fsp3) is 0.226. The number of methoxy groups -OCH3 is 1. The molecule has 0 fully saturated rings. The summed E-state index contributed by atoms with van der Waals surface area (Å²) < 4.78 is 7.24. The van der Waals surface area contributed by atoms with Crippen molar-refractivity contribution in [2.24, 2.45) is 4.99 Å². The summed E-state index contributed by atoms with van der Waals surface area (Å²) >= 11 is 0. The molecular weight excluding hydrogens is 522 g/mol. The number of amides is 1. The standard InChI is InChI=1S/C31H29N5O5/c1-41-30-16-21(6-9-28(30)36(39)40)23-14-24(17-31(38)34-10-3-12-35-13-11-32-20-35)26-7-8-27-22(4-2-5-29(27)37)18-33-19-25(26)15-23/h2,4,6-9,11,13-16,18,20H,3,5,10,12,17,19H2,1H3,(H,34,38). The number of hydrogen-bond donors (Lipinski definition) is 1. The molecule has 10 nitrogen and oxygen atoms in total. The van der Waals surface area contributed by atoms with E-state index in [0.717, 1.165) is 40.8 Å². The number of imidazole rings is 1. The molecule has 0 atom stereocenters. The Morgan fingerprint density at radius 2 is 2.05 bits per heavy atom. The van der Waals surface area contributed by atoms with E-state index in [1.807, 2.05) is 41.1 Å². The lowest BCUT2D eigenvalue weighted by atomic mass is 9.91. The first-order valence-electron chi connectivity index (χ1n) is 13.3. The highest BCUT2D eigenvalue weighted by Crippen LogP contribution is 2.35. The summed E-state index contributed by atoms with van der Waals surface area (Å²) in [6.45, 7) is 1.58. The number of nitrogens with one attached hydrogen (secondary N) is 1. The highest BCUT2D eigenvalue weighted by molar-refractivity contribution is 6.07. The average molecular weight is 552 g/mol. The molecule has 0 saturated carbocycles. The number of aliphatic imine (C=N–C) groups is 1. The van der Waals surface area contributed by atoms with E-state index in [4.69, 9.17) is 4.74 Å². The first-order valence-corrected chi connectivity index (χ1v) is 13.3. The second-order valence-electron chi connectivity index (χ2n) is 9.73. The summed E-state index contributed by atoms with van der Waals surface area (Å²) in [4.78, 5) is 45.3. The number of carbonyl (C=O) groups excluding carboxylic acids is 2. The van der Waals surface area contributed by atoms with Crippen LogP contribution in [0.4, 0.5) is 5.69 Å². The first-order chi connectivity index (χ1) is 19.9. The molecule has 5 rings (SSSR count). The number of nitro benzene ring substituents is 1. The second-order valence-corrected chi connectivity index (χ2v) is 9.73. The van der Waals surface area contributed by atoms with Gasteiger partial charge in [0.2, 0.25) is 5.91 Å². The van der Waals surface area contributed by atoms with Gasteiger partial charge in [-0.25, -0.2) is 4.98 Å². The summed E-state index contributed by atoms with van der Waals surface area (Å²) in [7, 11) is 1.39. The van der Waals surface area contributed by atoms with E-state index in [2.05, 4.69) is 15.3 Å². The zero-order valence-electron chi connectivity index (χ0n) is 22.6. The molecule has 3 aromatic rings. The molecule has 0 saturated heterocycles. The number of hydrogen-bond acceptors (Lipinski definition) is 7. The molecule has 0 bridgehead atoms. The number of ether oxygens (including phenoxy) is 1. The summed E-state index contributed by atoms with van der Waals surface area (Å²) in [6.07, 6.45) is 15.7. The Hall–Kier alpha value is -5.12. The third-order valence-corrected chi connectivity index (χ3v) is 7.01. The number of nitrogens with zero attached hydrogens (tertiary/aromatic N) is 4. The van der Waals surface area contributed by atoms with Crippen LogP contribution in [-0.4, -0.2) is 46.0 Å². The van der Waals surface area contributed by atoms with Gasteiger partial charge in [0, 0.05) is 55.3 Å². The van der Waals surface area contributed by atoms with Crippen molar-refractivity contribution in [3.05, 3.63) is 105 Å². The number of ketones is 1. The van der Waals surface area contributed by atoms with Gasteiger partial charge in [-0.3, -0.25) is 24.7 Å². The number of fused-ring (bicyclic) bond motifs is 1. The van der Waals surface area contributed by atoms with Crippen molar-refractivity contribution in [3.63, 3.8) is 0 Å². The quantitative estimate of drug-likeness (QED) is 0.234. The van der Waals surface area contributed by atoms with Crippen LogP contribution < -0.4 is 10.1 Å². The Bertz CT molecular complexity index is 1620. The zero-order chi connectivity index (χ0) is 28.8. The van der Waals surface area contributed by atoms with E-state index >= 15 is 0 Å². The van der Waals surface area contributed by atoms with Crippen molar-refractivity contribution in [3.8, 4) is 16.9 Å². The average Bonchev–Trinajstić information content (AvgIpc) is 3.51. The molecule has 1 N–H and O–H groups in total. The molecule has 41 heavy (non-hydrogen) atoms. The summed E-state index contributed by atoms with van der Waals surface area (Å²) in [5, 5.41) is 14.4. The van der Waals surface area contributed by atoms with Crippen LogP contribution in [0.1, 0.15) is 29.5 Å². The third-order valence-electron chi connectivity index (χ3n) is 7.01. The maximum absolute atomic E-state index is 13.1. The highest BCUT2D eigenvalue weighted by Gasteiger charge is 2.20. The van der Waals surface area contributed by atoms with Gasteiger partial charge in [-0.15, -0.1) is 0 Å². The van der Waals surface area contributed by atoms with Crippen LogP contribution in [0.5, 0.6) is 5.75 Å². The van der Waals surface area contributed by atoms with Gasteiger partial charge in [-0.2, -0.15) is 0 Å². The second kappa shape index (κ2) is 12.4. The van der Waals surface area contributed by atoms with Crippen LogP contribution in [0.3, 0.4) is 0 Å². The van der Waals surface area contributed by atoms with Gasteiger partial charge in [0.05, 0.1) is 31.3 Å². The molecule has 0 unspecified atom stereocenters. The SMILES string of the molecule is COc1cc(-c2cc3c(c(CC(=O)NCCCn4ccnc4)c2)C=CC2=C(C=CCC2=O)C=NC3)ccc1[N+](=O)[O-]. The molecule has 1 amide bonds. The van der Waals surface area contributed by atoms with Crippen molar-refractivity contribution in [2.45, 2.75) is 32.4 Å². The van der Waals surface area contributed by atoms with Crippen LogP contribution in [0.25, 0.3) is 17.2 Å². The predicted molar refractivity (Wildman–Crippen MR) is 156 cm³/mol. The van der Waals surface area contributed by atoms with Crippen LogP contribution in [0, 0.1) is 10.1 Å². The number of aromatic nitrogens is 2. The Labute approximate surface area is 236 Å². The minimum atomic E-state index is -0.487. The Kier molecular flexibility index (Phi) is 8.28. The minimum Gasteiger partial charge on any atom is -0.490 e. The largest absolute Gasteiger partial charge is 0.490 e. The molecule has 0 radical (unpaired) electrons. The number of nitro groups is 1. The fourth-order valence-electron chi connectivity index (χ4n) is 4.95. The molecule has 1 aromatic heterocycles. The topological polar surface area (TPSA) is 129 Å². The van der Waals surface area contributed by atoms with E-state index in [0.29, 0.717) is 30.6 Å². The van der Waals surface area contributed by atoms with Crippen molar-refractivity contribution in [1.82, 2.24) is 14.9 Å². The van der Waals surface area contributed by atoms with E-state index in [1.54, 1.807) is 36.9 Å². The number of Topliss-reactive ketones (excluding diaryl/α,β-unsaturated/α-hetero) is 1. The van der Waals surface area contributed by atoms with Gasteiger partial charge >= 0.3 is 5.69 Å². The number of aryl methyl sites for hydroxylation is 1. The van der Waals surface area contributed by atoms with Gasteiger partial charge in [0.15, 0.2) is 11.5 Å². The molecule has 208 valence electrons. The van der Waals surface area contributed by atoms with Crippen LogP contribution in [0.15, 0.2) is 83.4 Å². The zero-order valence-corrected chi connectivity index (χ0v) is 22.6. The van der Waals surface area contributed by atoms with E-state index < -0.39 is 4.92 Å². The predicted octanol–water partition coefficient (Wildman–Crippen LogP) is 4.64. The Balaban J connectivity index is 1.49. The van der Waals surface area contributed by atoms with Gasteiger partial charge in [0.1, 0.15) is 0 Å². The minimum absolute atomic E-state index is 0.0143. The highest BCUT2D eigenvalue weighted by atomic mass is 16.6. The van der Waals surface area contributed by atoms with Crippen LogP contribution >= 0.6 is 0 Å². The summed E-state index contributed by atoms with van der Waals surface area (Å²) in [5.74, 6) is 0.0263. The maximum atomic E-state index is 13.1. The van der Waals surface area contributed by atoms with Crippen molar-refractivity contribution in [2.75, 3.05) is 13.7 Å². The lowest BCUT2D eigenvalue weighted by Gasteiger charge is -2.15. The molecule has 1 aliphatic heterocycles. The van der Waals surface area contributed by atoms with Gasteiger partial charge in [-0.05, 0) is 52.4 Å². The molecule has 2 heterocycles. The molecular formula is C31H29N5O5. The van der Waals surface area contributed by atoms with E-state index in [9.17, 15) is 19.7 Å². The molecule has 10 heteroatoms. The van der Waals surface area contributed by atoms with Crippen molar-refractivity contribution in [1.29, 1.82) is 0 Å². The van der Waals surface area contributed by atoms with E-state index in [-0.39, 0.29) is 29.5 Å². The lowest BCUT2D eigenvalue weighted by molar-refractivity contribution is -0.385. The Morgan fingerprint density at radius 1 is 1.17 bits per heavy atom. The lowest BCUT2D eigenvalue weighted by Crippen LogP contribution is -2.27. The number of carbonyl (C=O) groups is 2. The fourth-order valence-corrected chi connectivity index (χ4v) is 4.95. The first kappa shape index (κ1) is 27.4. The molecule has 2 aromatic carbocycles. The van der Waals surface area contributed by atoms with Gasteiger partial charge in [-0.1, -0.05) is 30.4 Å². The smallest absolute Gasteiger partial charge is 0.310 e. The van der Waals surface area contributed by atoms with Crippen LogP contribution in [-0.2, 0) is 29.1 Å². The Morgan fingerprint density at radius 3 is 2.83 bits per heavy atom. The van der Waals surface area contributed by atoms with Gasteiger partial charge < -0.3 is 14.6 Å². The summed E-state index contributed by atoms with van der Waals surface area (Å²) in [5.41, 5.74) is 5.14. The van der Waals surface area contributed by atoms with Crippen molar-refractivity contribution < 1.29 is 19.2 Å². The van der Waals surface area contributed by atoms with Crippen LogP contribution in [0.2, 0.25) is 0 Å². The monoisotopic (exact) mass is 551 g/mol. The number of rotatable bonds is 9. The normalized spacial score (nSPS) is 14.1. The molecule has 0 spiro atoms. The maximum Gasteiger partial charge on any atom is 0.310 e.